The quantitative estimate of drug-likeness (QED) is 0.830. The van der Waals surface area contributed by atoms with E-state index in [-0.39, 0.29) is 0 Å². The van der Waals surface area contributed by atoms with Gasteiger partial charge < -0.3 is 4.42 Å². The topological polar surface area (TPSA) is 19.6 Å². The number of fused-ring (bicyclic) bond motifs is 1. The fraction of sp³-hybridized carbons (Fsp3) is 0.750. The van der Waals surface area contributed by atoms with Gasteiger partial charge in [-0.25, -0.2) is 0 Å². The normalized spacial score (nSPS) is 32.1. The number of aryl methyl sites for hydroxylation is 1. The summed E-state index contributed by atoms with van der Waals surface area (Å²) in [5.74, 6) is 3.20. The average Bonchev–Trinajstić information content (AvgIpc) is 2.80. The van der Waals surface area contributed by atoms with Crippen molar-refractivity contribution in [2.75, 3.05) is 19.6 Å². The predicted molar refractivity (Wildman–Crippen MR) is 75.0 cm³/mol. The molecule has 104 valence electrons. The molecular weight excluding hydrogens is 236 g/mol. The number of rotatable bonds is 4. The molecule has 2 saturated heterocycles. The highest BCUT2D eigenvalue weighted by Crippen LogP contribution is 2.37. The van der Waals surface area contributed by atoms with Gasteiger partial charge in [0.1, 0.15) is 11.5 Å². The van der Waals surface area contributed by atoms with Crippen molar-refractivity contribution in [2.24, 2.45) is 5.92 Å². The summed E-state index contributed by atoms with van der Waals surface area (Å²) in [4.78, 5) is 5.42. The van der Waals surface area contributed by atoms with Gasteiger partial charge >= 0.3 is 0 Å². The maximum Gasteiger partial charge on any atom is 0.118 e. The highest BCUT2D eigenvalue weighted by atomic mass is 16.3. The van der Waals surface area contributed by atoms with E-state index < -0.39 is 0 Å². The van der Waals surface area contributed by atoms with Crippen molar-refractivity contribution in [1.29, 1.82) is 0 Å². The van der Waals surface area contributed by atoms with Gasteiger partial charge in [0.25, 0.3) is 0 Å². The Bertz CT molecular complexity index is 451. The second kappa shape index (κ2) is 4.64. The summed E-state index contributed by atoms with van der Waals surface area (Å²) in [6.07, 6.45) is 5.67. The molecule has 0 radical (unpaired) electrons. The van der Waals surface area contributed by atoms with E-state index in [1.165, 1.54) is 45.3 Å². The molecule has 2 atom stereocenters. The first-order valence-electron chi connectivity index (χ1n) is 7.83. The Hall–Kier alpha value is -0.800. The SMILES string of the molecule is Cc1ccc(CN2CC[C@@H]3[C@@H]2CCN3CC2CC2)o1. The van der Waals surface area contributed by atoms with Crippen LogP contribution in [0.25, 0.3) is 0 Å². The highest BCUT2D eigenvalue weighted by molar-refractivity contribution is 5.08. The molecule has 3 aliphatic rings. The zero-order chi connectivity index (χ0) is 12.8. The second-order valence-electron chi connectivity index (χ2n) is 6.63. The Morgan fingerprint density at radius 3 is 2.47 bits per heavy atom. The van der Waals surface area contributed by atoms with Crippen LogP contribution in [-0.4, -0.2) is 41.5 Å². The summed E-state index contributed by atoms with van der Waals surface area (Å²) < 4.78 is 5.74. The van der Waals surface area contributed by atoms with Crippen LogP contribution in [0.3, 0.4) is 0 Å². The molecule has 1 aliphatic carbocycles. The summed E-state index contributed by atoms with van der Waals surface area (Å²) >= 11 is 0. The largest absolute Gasteiger partial charge is 0.465 e. The zero-order valence-corrected chi connectivity index (χ0v) is 11.8. The number of hydrogen-bond donors (Lipinski definition) is 0. The van der Waals surface area contributed by atoms with Gasteiger partial charge in [-0.3, -0.25) is 9.80 Å². The number of hydrogen-bond acceptors (Lipinski definition) is 3. The lowest BCUT2D eigenvalue weighted by atomic mass is 10.1. The van der Waals surface area contributed by atoms with E-state index in [4.69, 9.17) is 4.42 Å². The van der Waals surface area contributed by atoms with Crippen molar-refractivity contribution in [3.05, 3.63) is 23.7 Å². The van der Waals surface area contributed by atoms with Crippen molar-refractivity contribution in [3.63, 3.8) is 0 Å². The molecule has 0 spiro atoms. The van der Waals surface area contributed by atoms with Crippen molar-refractivity contribution in [2.45, 2.75) is 51.2 Å². The molecule has 2 aliphatic heterocycles. The molecule has 1 aromatic heterocycles. The Morgan fingerprint density at radius 1 is 1.05 bits per heavy atom. The van der Waals surface area contributed by atoms with Gasteiger partial charge in [-0.1, -0.05) is 0 Å². The molecule has 3 nitrogen and oxygen atoms in total. The fourth-order valence-corrected chi connectivity index (χ4v) is 3.99. The van der Waals surface area contributed by atoms with Gasteiger partial charge in [-0.15, -0.1) is 0 Å². The van der Waals surface area contributed by atoms with E-state index in [9.17, 15) is 0 Å². The van der Waals surface area contributed by atoms with Gasteiger partial charge in [0.15, 0.2) is 0 Å². The third-order valence-electron chi connectivity index (χ3n) is 5.15. The van der Waals surface area contributed by atoms with Gasteiger partial charge in [0, 0.05) is 31.7 Å². The second-order valence-corrected chi connectivity index (χ2v) is 6.63. The van der Waals surface area contributed by atoms with Crippen LogP contribution in [0.5, 0.6) is 0 Å². The average molecular weight is 260 g/mol. The van der Waals surface area contributed by atoms with E-state index in [1.807, 2.05) is 6.92 Å². The van der Waals surface area contributed by atoms with E-state index in [2.05, 4.69) is 21.9 Å². The Balaban J connectivity index is 1.40. The summed E-state index contributed by atoms with van der Waals surface area (Å²) in [5.41, 5.74) is 0. The van der Waals surface area contributed by atoms with Crippen LogP contribution in [-0.2, 0) is 6.54 Å². The zero-order valence-electron chi connectivity index (χ0n) is 11.8. The van der Waals surface area contributed by atoms with Crippen molar-refractivity contribution < 1.29 is 4.42 Å². The predicted octanol–water partition coefficient (Wildman–Crippen LogP) is 2.65. The van der Waals surface area contributed by atoms with Crippen LogP contribution >= 0.6 is 0 Å². The first-order valence-corrected chi connectivity index (χ1v) is 7.83. The number of nitrogens with zero attached hydrogens (tertiary/aromatic N) is 2. The summed E-state index contributed by atoms with van der Waals surface area (Å²) in [7, 11) is 0. The monoisotopic (exact) mass is 260 g/mol. The lowest BCUT2D eigenvalue weighted by molar-refractivity contribution is 0.202. The van der Waals surface area contributed by atoms with Crippen LogP contribution in [0.2, 0.25) is 0 Å². The highest BCUT2D eigenvalue weighted by Gasteiger charge is 2.43. The Kier molecular flexibility index (Phi) is 2.92. The van der Waals surface area contributed by atoms with Crippen molar-refractivity contribution in [1.82, 2.24) is 9.80 Å². The molecule has 3 fully saturated rings. The minimum atomic E-state index is 0.782. The molecule has 19 heavy (non-hydrogen) atoms. The number of furan rings is 1. The summed E-state index contributed by atoms with van der Waals surface area (Å²) in [6, 6.07) is 5.83. The van der Waals surface area contributed by atoms with Gasteiger partial charge in [-0.05, 0) is 50.7 Å². The maximum absolute atomic E-state index is 5.74. The summed E-state index contributed by atoms with van der Waals surface area (Å²) in [6.45, 7) is 6.97. The first kappa shape index (κ1) is 12.0. The minimum Gasteiger partial charge on any atom is -0.465 e. The molecule has 3 heterocycles. The standard InChI is InChI=1S/C16H24N2O/c1-12-2-5-14(19-12)11-18-9-7-15-16(18)6-8-17(15)10-13-3-4-13/h2,5,13,15-16H,3-4,6-11H2,1H3/t15-,16+/m1/s1. The molecule has 4 rings (SSSR count). The van der Waals surface area contributed by atoms with E-state index in [0.29, 0.717) is 0 Å². The minimum absolute atomic E-state index is 0.782. The first-order chi connectivity index (χ1) is 9.29. The van der Waals surface area contributed by atoms with Gasteiger partial charge in [0.05, 0.1) is 6.54 Å². The van der Waals surface area contributed by atoms with Gasteiger partial charge in [0.2, 0.25) is 0 Å². The molecule has 3 heteroatoms. The van der Waals surface area contributed by atoms with Crippen LogP contribution in [0, 0.1) is 12.8 Å². The van der Waals surface area contributed by atoms with E-state index in [1.54, 1.807) is 0 Å². The molecule has 0 N–H and O–H groups in total. The lowest BCUT2D eigenvalue weighted by Gasteiger charge is -2.25. The lowest BCUT2D eigenvalue weighted by Crippen LogP contribution is -2.37. The third-order valence-corrected chi connectivity index (χ3v) is 5.15. The van der Waals surface area contributed by atoms with Crippen molar-refractivity contribution in [3.8, 4) is 0 Å². The number of likely N-dealkylation sites (tertiary alicyclic amines) is 2. The van der Waals surface area contributed by atoms with E-state index in [0.717, 1.165) is 36.1 Å². The smallest absolute Gasteiger partial charge is 0.118 e. The van der Waals surface area contributed by atoms with Gasteiger partial charge in [-0.2, -0.15) is 0 Å². The van der Waals surface area contributed by atoms with Crippen molar-refractivity contribution >= 4 is 0 Å². The van der Waals surface area contributed by atoms with Crippen LogP contribution in [0.1, 0.15) is 37.2 Å². The molecule has 1 saturated carbocycles. The fourth-order valence-electron chi connectivity index (χ4n) is 3.99. The van der Waals surface area contributed by atoms with Crippen LogP contribution < -0.4 is 0 Å². The molecule has 0 bridgehead atoms. The molecule has 0 amide bonds. The molecule has 0 aromatic carbocycles. The Morgan fingerprint density at radius 2 is 1.79 bits per heavy atom. The van der Waals surface area contributed by atoms with Crippen LogP contribution in [0.15, 0.2) is 16.5 Å². The van der Waals surface area contributed by atoms with E-state index >= 15 is 0 Å². The van der Waals surface area contributed by atoms with Crippen LogP contribution in [0.4, 0.5) is 0 Å². The Labute approximate surface area is 115 Å². The molecular formula is C16H24N2O. The molecule has 1 aromatic rings. The maximum atomic E-state index is 5.74. The third kappa shape index (κ3) is 2.34. The molecule has 0 unspecified atom stereocenters. The summed E-state index contributed by atoms with van der Waals surface area (Å²) in [5, 5.41) is 0.